The number of nitrogens with one attached hydrogen (secondary N) is 1. The minimum Gasteiger partial charge on any atom is -0.387 e. The Morgan fingerprint density at radius 2 is 1.78 bits per heavy atom. The minimum atomic E-state index is -0.451. The fourth-order valence-electron chi connectivity index (χ4n) is 2.02. The molecular weight excluding hydrogens is 224 g/mol. The number of hydrogen-bond donors (Lipinski definition) is 2. The molecule has 1 rings (SSSR count). The summed E-state index contributed by atoms with van der Waals surface area (Å²) in [6.07, 6.45) is -0.451. The van der Waals surface area contributed by atoms with Crippen LogP contribution in [0.3, 0.4) is 0 Å². The zero-order valence-corrected chi connectivity index (χ0v) is 11.9. The number of nitrogens with zero attached hydrogens (tertiary/aromatic N) is 1. The van der Waals surface area contributed by atoms with E-state index in [1.54, 1.807) is 0 Å². The summed E-state index contributed by atoms with van der Waals surface area (Å²) in [4.78, 5) is 2.14. The van der Waals surface area contributed by atoms with Gasteiger partial charge in [-0.1, -0.05) is 44.2 Å². The van der Waals surface area contributed by atoms with Crippen molar-refractivity contribution in [1.29, 1.82) is 0 Å². The average molecular weight is 250 g/mol. The van der Waals surface area contributed by atoms with Crippen molar-refractivity contribution in [3.05, 3.63) is 35.9 Å². The Morgan fingerprint density at radius 1 is 1.17 bits per heavy atom. The van der Waals surface area contributed by atoms with Crippen LogP contribution in [0.25, 0.3) is 0 Å². The van der Waals surface area contributed by atoms with Gasteiger partial charge in [-0.05, 0) is 25.6 Å². The molecule has 0 saturated carbocycles. The van der Waals surface area contributed by atoms with Crippen molar-refractivity contribution in [3.8, 4) is 0 Å². The molecule has 1 aromatic rings. The first-order chi connectivity index (χ1) is 8.52. The predicted octanol–water partition coefficient (Wildman–Crippen LogP) is 1.90. The summed E-state index contributed by atoms with van der Waals surface area (Å²) in [5.41, 5.74) is 0.980. The van der Waals surface area contributed by atoms with Gasteiger partial charge in [0, 0.05) is 19.1 Å². The maximum Gasteiger partial charge on any atom is 0.0945 e. The lowest BCUT2D eigenvalue weighted by Gasteiger charge is -2.28. The van der Waals surface area contributed by atoms with E-state index >= 15 is 0 Å². The van der Waals surface area contributed by atoms with E-state index in [2.05, 4.69) is 38.2 Å². The van der Waals surface area contributed by atoms with Crippen molar-refractivity contribution < 1.29 is 5.11 Å². The molecule has 0 aromatic heterocycles. The highest BCUT2D eigenvalue weighted by molar-refractivity contribution is 5.19. The van der Waals surface area contributed by atoms with Crippen molar-refractivity contribution >= 4 is 0 Å². The molecule has 0 amide bonds. The molecular formula is C15H26N2O. The van der Waals surface area contributed by atoms with E-state index in [-0.39, 0.29) is 6.04 Å². The Hall–Kier alpha value is -0.900. The zero-order chi connectivity index (χ0) is 13.5. The molecule has 18 heavy (non-hydrogen) atoms. The van der Waals surface area contributed by atoms with Crippen LogP contribution in [0, 0.1) is 5.92 Å². The molecule has 2 unspecified atom stereocenters. The summed E-state index contributed by atoms with van der Waals surface area (Å²) in [7, 11) is 4.11. The van der Waals surface area contributed by atoms with Gasteiger partial charge in [-0.3, -0.25) is 0 Å². The van der Waals surface area contributed by atoms with Gasteiger partial charge in [-0.2, -0.15) is 0 Å². The van der Waals surface area contributed by atoms with Crippen LogP contribution in [0.15, 0.2) is 30.3 Å². The van der Waals surface area contributed by atoms with Gasteiger partial charge in [0.2, 0.25) is 0 Å². The third-order valence-electron chi connectivity index (χ3n) is 3.14. The van der Waals surface area contributed by atoms with Gasteiger partial charge in [-0.25, -0.2) is 0 Å². The number of aliphatic hydroxyl groups excluding tert-OH is 1. The second-order valence-electron chi connectivity index (χ2n) is 5.38. The van der Waals surface area contributed by atoms with E-state index in [1.807, 2.05) is 30.3 Å². The van der Waals surface area contributed by atoms with Crippen LogP contribution in [0.1, 0.15) is 25.5 Å². The Morgan fingerprint density at radius 3 is 2.28 bits per heavy atom. The van der Waals surface area contributed by atoms with Crippen LogP contribution in [-0.4, -0.2) is 43.2 Å². The molecule has 3 nitrogen and oxygen atoms in total. The van der Waals surface area contributed by atoms with Gasteiger partial charge < -0.3 is 15.3 Å². The molecule has 0 aliphatic carbocycles. The summed E-state index contributed by atoms with van der Waals surface area (Å²) < 4.78 is 0. The third-order valence-corrected chi connectivity index (χ3v) is 3.14. The number of benzene rings is 1. The number of hydrogen-bond acceptors (Lipinski definition) is 3. The number of likely N-dealkylation sites (N-methyl/N-ethyl adjacent to an activating group) is 1. The molecule has 0 saturated heterocycles. The number of rotatable bonds is 7. The lowest BCUT2D eigenvalue weighted by molar-refractivity contribution is 0.104. The molecule has 0 aliphatic rings. The van der Waals surface area contributed by atoms with Crippen LogP contribution in [0.2, 0.25) is 0 Å². The topological polar surface area (TPSA) is 35.5 Å². The molecule has 0 aliphatic heterocycles. The van der Waals surface area contributed by atoms with Crippen LogP contribution in [-0.2, 0) is 0 Å². The van der Waals surface area contributed by atoms with E-state index in [9.17, 15) is 5.11 Å². The monoisotopic (exact) mass is 250 g/mol. The highest BCUT2D eigenvalue weighted by Gasteiger charge is 2.23. The SMILES string of the molecule is CC(C)C(NCCN(C)C)C(O)c1ccccc1. The summed E-state index contributed by atoms with van der Waals surface area (Å²) in [5, 5.41) is 13.9. The summed E-state index contributed by atoms with van der Waals surface area (Å²) in [6.45, 7) is 6.14. The van der Waals surface area contributed by atoms with Crippen molar-refractivity contribution in [2.24, 2.45) is 5.92 Å². The highest BCUT2D eigenvalue weighted by Crippen LogP contribution is 2.21. The average Bonchev–Trinajstić information content (AvgIpc) is 2.34. The first-order valence-electron chi connectivity index (χ1n) is 6.63. The van der Waals surface area contributed by atoms with Gasteiger partial charge in [0.25, 0.3) is 0 Å². The van der Waals surface area contributed by atoms with E-state index < -0.39 is 6.10 Å². The fraction of sp³-hybridized carbons (Fsp3) is 0.600. The summed E-state index contributed by atoms with van der Waals surface area (Å²) in [5.74, 6) is 0.391. The Bertz CT molecular complexity index is 325. The zero-order valence-electron chi connectivity index (χ0n) is 11.9. The van der Waals surface area contributed by atoms with Gasteiger partial charge >= 0.3 is 0 Å². The first kappa shape index (κ1) is 15.2. The van der Waals surface area contributed by atoms with Crippen molar-refractivity contribution in [1.82, 2.24) is 10.2 Å². The van der Waals surface area contributed by atoms with Crippen molar-refractivity contribution in [3.63, 3.8) is 0 Å². The fourth-order valence-corrected chi connectivity index (χ4v) is 2.02. The van der Waals surface area contributed by atoms with E-state index in [1.165, 1.54) is 0 Å². The summed E-state index contributed by atoms with van der Waals surface area (Å²) >= 11 is 0. The van der Waals surface area contributed by atoms with Crippen LogP contribution in [0.5, 0.6) is 0 Å². The molecule has 102 valence electrons. The molecule has 3 heteroatoms. The lowest BCUT2D eigenvalue weighted by Crippen LogP contribution is -2.42. The standard InChI is InChI=1S/C15H26N2O/c1-12(2)14(16-10-11-17(3)4)15(18)13-8-6-5-7-9-13/h5-9,12,14-16,18H,10-11H2,1-4H3. The van der Waals surface area contributed by atoms with Gasteiger partial charge in [-0.15, -0.1) is 0 Å². The van der Waals surface area contributed by atoms with Crippen molar-refractivity contribution in [2.45, 2.75) is 26.0 Å². The smallest absolute Gasteiger partial charge is 0.0945 e. The normalized spacial score (nSPS) is 15.1. The molecule has 0 heterocycles. The van der Waals surface area contributed by atoms with Crippen molar-refractivity contribution in [2.75, 3.05) is 27.2 Å². The van der Waals surface area contributed by atoms with Gasteiger partial charge in [0.1, 0.15) is 0 Å². The summed E-state index contributed by atoms with van der Waals surface area (Å²) in [6, 6.07) is 9.96. The highest BCUT2D eigenvalue weighted by atomic mass is 16.3. The van der Waals surface area contributed by atoms with E-state index in [0.717, 1.165) is 18.7 Å². The maximum absolute atomic E-state index is 10.4. The molecule has 2 atom stereocenters. The quantitative estimate of drug-likeness (QED) is 0.776. The molecule has 0 bridgehead atoms. The third kappa shape index (κ3) is 4.77. The number of aliphatic hydroxyl groups is 1. The largest absolute Gasteiger partial charge is 0.387 e. The Balaban J connectivity index is 2.61. The van der Waals surface area contributed by atoms with Crippen LogP contribution < -0.4 is 5.32 Å². The Kier molecular flexibility index (Phi) is 6.33. The molecule has 2 N–H and O–H groups in total. The minimum absolute atomic E-state index is 0.0901. The van der Waals surface area contributed by atoms with Crippen LogP contribution in [0.4, 0.5) is 0 Å². The van der Waals surface area contributed by atoms with E-state index in [0.29, 0.717) is 5.92 Å². The molecule has 0 fully saturated rings. The van der Waals surface area contributed by atoms with E-state index in [4.69, 9.17) is 0 Å². The molecule has 0 radical (unpaired) electrons. The Labute approximate surface area is 111 Å². The maximum atomic E-state index is 10.4. The first-order valence-corrected chi connectivity index (χ1v) is 6.63. The molecule has 1 aromatic carbocycles. The lowest BCUT2D eigenvalue weighted by atomic mass is 9.93. The van der Waals surface area contributed by atoms with Gasteiger partial charge in [0.05, 0.1) is 6.10 Å². The van der Waals surface area contributed by atoms with Gasteiger partial charge in [0.15, 0.2) is 0 Å². The molecule has 0 spiro atoms. The van der Waals surface area contributed by atoms with Crippen LogP contribution >= 0.6 is 0 Å². The second kappa shape index (κ2) is 7.52. The predicted molar refractivity (Wildman–Crippen MR) is 76.6 cm³/mol. The second-order valence-corrected chi connectivity index (χ2v) is 5.38.